The zero-order chi connectivity index (χ0) is 16.5. The third kappa shape index (κ3) is 2.91. The molecule has 0 bridgehead atoms. The molecule has 1 aromatic carbocycles. The number of likely N-dealkylation sites (tertiary alicyclic amines) is 1. The van der Waals surface area contributed by atoms with Crippen molar-refractivity contribution in [3.8, 4) is 0 Å². The highest BCUT2D eigenvalue weighted by molar-refractivity contribution is 8.00. The Balaban J connectivity index is 1.58. The Morgan fingerprint density at radius 3 is 2.71 bits per heavy atom. The molecule has 3 heterocycles. The van der Waals surface area contributed by atoms with Gasteiger partial charge in [-0.15, -0.1) is 10.2 Å². The number of para-hydroxylation sites is 1. The van der Waals surface area contributed by atoms with Gasteiger partial charge in [0.1, 0.15) is 0 Å². The molecule has 0 N–H and O–H groups in total. The van der Waals surface area contributed by atoms with Gasteiger partial charge >= 0.3 is 0 Å². The van der Waals surface area contributed by atoms with Crippen LogP contribution in [0.15, 0.2) is 29.4 Å². The second-order valence-electron chi connectivity index (χ2n) is 6.17. The molecule has 5 nitrogen and oxygen atoms in total. The summed E-state index contributed by atoms with van der Waals surface area (Å²) < 4.78 is 3.26. The molecule has 1 amide bonds. The van der Waals surface area contributed by atoms with E-state index >= 15 is 0 Å². The molecule has 1 fully saturated rings. The number of carbonyl (C=O) groups excluding carboxylic acids is 1. The Morgan fingerprint density at radius 2 is 1.92 bits per heavy atom. The van der Waals surface area contributed by atoms with E-state index in [1.165, 1.54) is 29.3 Å². The van der Waals surface area contributed by atoms with Gasteiger partial charge in [-0.2, -0.15) is 0 Å². The van der Waals surface area contributed by atoms with Gasteiger partial charge in [0, 0.05) is 13.1 Å². The molecule has 1 aliphatic rings. The minimum absolute atomic E-state index is 0.144. The van der Waals surface area contributed by atoms with Gasteiger partial charge in [-0.1, -0.05) is 48.1 Å². The van der Waals surface area contributed by atoms with E-state index < -0.39 is 0 Å². The molecule has 3 aromatic rings. The first-order valence-corrected chi connectivity index (χ1v) is 10.1. The number of hydrogen-bond donors (Lipinski definition) is 0. The fourth-order valence-electron chi connectivity index (χ4n) is 3.19. The number of aromatic nitrogens is 3. The predicted octanol–water partition coefficient (Wildman–Crippen LogP) is 3.83. The molecular formula is C17H20N4OS2. The molecule has 2 aromatic heterocycles. The van der Waals surface area contributed by atoms with Gasteiger partial charge in [-0.3, -0.25) is 9.20 Å². The Labute approximate surface area is 149 Å². The monoisotopic (exact) mass is 360 g/mol. The first-order chi connectivity index (χ1) is 11.7. The number of hydrogen-bond acceptors (Lipinski definition) is 5. The van der Waals surface area contributed by atoms with E-state index in [1.807, 2.05) is 24.0 Å². The van der Waals surface area contributed by atoms with Crippen LogP contribution < -0.4 is 0 Å². The van der Waals surface area contributed by atoms with Gasteiger partial charge in [-0.25, -0.2) is 0 Å². The van der Waals surface area contributed by atoms with Crippen LogP contribution in [0.3, 0.4) is 0 Å². The van der Waals surface area contributed by atoms with E-state index in [-0.39, 0.29) is 11.2 Å². The van der Waals surface area contributed by atoms with Crippen molar-refractivity contribution in [2.45, 2.75) is 43.0 Å². The Bertz CT molecular complexity index is 864. The van der Waals surface area contributed by atoms with Gasteiger partial charge in [0.25, 0.3) is 0 Å². The van der Waals surface area contributed by atoms with Crippen LogP contribution in [0.4, 0.5) is 0 Å². The molecule has 1 saturated heterocycles. The fraction of sp³-hybridized carbons (Fsp3) is 0.471. The second-order valence-corrected chi connectivity index (χ2v) is 8.49. The molecule has 0 radical (unpaired) electrons. The Hall–Kier alpha value is -1.60. The summed E-state index contributed by atoms with van der Waals surface area (Å²) in [5.41, 5.74) is 1.11. The highest BCUT2D eigenvalue weighted by Gasteiger charge is 2.24. The standard InChI is InChI=1S/C17H20N4OS2/c1-12(15(22)20-10-6-2-3-7-11-20)23-16-18-19-17-21(16)13-8-4-5-9-14(13)24-17/h4-5,8-9,12H,2-3,6-7,10-11H2,1H3/t12-/m1/s1. The lowest BCUT2D eigenvalue weighted by molar-refractivity contribution is -0.130. The fourth-order valence-corrected chi connectivity index (χ4v) is 5.16. The number of carbonyl (C=O) groups is 1. The van der Waals surface area contributed by atoms with E-state index in [2.05, 4.69) is 26.7 Å². The number of fused-ring (bicyclic) bond motifs is 3. The quantitative estimate of drug-likeness (QED) is 0.666. The number of thiazole rings is 1. The number of thioether (sulfide) groups is 1. The zero-order valence-electron chi connectivity index (χ0n) is 13.6. The van der Waals surface area contributed by atoms with E-state index in [0.29, 0.717) is 0 Å². The average Bonchev–Trinajstić information content (AvgIpc) is 3.02. The summed E-state index contributed by atoms with van der Waals surface area (Å²) in [5, 5.41) is 9.25. The number of benzene rings is 1. The van der Waals surface area contributed by atoms with Gasteiger partial charge < -0.3 is 4.90 Å². The van der Waals surface area contributed by atoms with Crippen molar-refractivity contribution < 1.29 is 4.79 Å². The maximum absolute atomic E-state index is 12.8. The minimum Gasteiger partial charge on any atom is -0.342 e. The molecular weight excluding hydrogens is 340 g/mol. The van der Waals surface area contributed by atoms with Crippen molar-refractivity contribution in [1.82, 2.24) is 19.5 Å². The molecule has 0 unspecified atom stereocenters. The highest BCUT2D eigenvalue weighted by atomic mass is 32.2. The van der Waals surface area contributed by atoms with Gasteiger partial charge in [0.15, 0.2) is 5.16 Å². The summed E-state index contributed by atoms with van der Waals surface area (Å²) >= 11 is 3.14. The molecule has 4 rings (SSSR count). The third-order valence-electron chi connectivity index (χ3n) is 4.46. The lowest BCUT2D eigenvalue weighted by atomic mass is 10.2. The smallest absolute Gasteiger partial charge is 0.235 e. The summed E-state index contributed by atoms with van der Waals surface area (Å²) in [6.45, 7) is 3.76. The van der Waals surface area contributed by atoms with Crippen LogP contribution in [-0.2, 0) is 4.79 Å². The average molecular weight is 361 g/mol. The summed E-state index contributed by atoms with van der Waals surface area (Å²) in [5.74, 6) is 0.221. The first-order valence-electron chi connectivity index (χ1n) is 8.42. The van der Waals surface area contributed by atoms with Gasteiger partial charge in [-0.05, 0) is 31.9 Å². The molecule has 7 heteroatoms. The largest absolute Gasteiger partial charge is 0.342 e. The zero-order valence-corrected chi connectivity index (χ0v) is 15.3. The van der Waals surface area contributed by atoms with Crippen LogP contribution in [0.1, 0.15) is 32.6 Å². The molecule has 0 spiro atoms. The van der Waals surface area contributed by atoms with Crippen LogP contribution in [0.25, 0.3) is 15.2 Å². The summed E-state index contributed by atoms with van der Waals surface area (Å²) in [7, 11) is 0. The van der Waals surface area contributed by atoms with Crippen molar-refractivity contribution in [1.29, 1.82) is 0 Å². The SMILES string of the molecule is C[C@@H](Sc1nnc2sc3ccccc3n12)C(=O)N1CCCCCC1. The second kappa shape index (κ2) is 6.72. The summed E-state index contributed by atoms with van der Waals surface area (Å²) in [4.78, 5) is 15.7. The van der Waals surface area contributed by atoms with Gasteiger partial charge in [0.2, 0.25) is 10.9 Å². The highest BCUT2D eigenvalue weighted by Crippen LogP contribution is 2.31. The summed E-state index contributed by atoms with van der Waals surface area (Å²) in [6, 6.07) is 8.22. The summed E-state index contributed by atoms with van der Waals surface area (Å²) in [6.07, 6.45) is 4.70. The normalized spacial score (nSPS) is 17.3. The third-order valence-corrected chi connectivity index (χ3v) is 6.50. The number of rotatable bonds is 3. The molecule has 1 atom stereocenters. The van der Waals surface area contributed by atoms with Crippen molar-refractivity contribution >= 4 is 44.2 Å². The first kappa shape index (κ1) is 15.9. The van der Waals surface area contributed by atoms with E-state index in [4.69, 9.17) is 0 Å². The number of nitrogens with zero attached hydrogens (tertiary/aromatic N) is 4. The lowest BCUT2D eigenvalue weighted by Gasteiger charge is -2.23. The topological polar surface area (TPSA) is 50.5 Å². The molecule has 126 valence electrons. The van der Waals surface area contributed by atoms with Crippen molar-refractivity contribution in [3.63, 3.8) is 0 Å². The van der Waals surface area contributed by atoms with Gasteiger partial charge in [0.05, 0.1) is 15.5 Å². The van der Waals surface area contributed by atoms with Crippen LogP contribution >= 0.6 is 23.1 Å². The maximum atomic E-state index is 12.8. The van der Waals surface area contributed by atoms with Crippen LogP contribution in [0.5, 0.6) is 0 Å². The van der Waals surface area contributed by atoms with Crippen LogP contribution in [0.2, 0.25) is 0 Å². The lowest BCUT2D eigenvalue weighted by Crippen LogP contribution is -2.37. The van der Waals surface area contributed by atoms with Crippen LogP contribution in [0, 0.1) is 0 Å². The maximum Gasteiger partial charge on any atom is 0.235 e. The van der Waals surface area contributed by atoms with E-state index in [0.717, 1.165) is 41.6 Å². The molecule has 24 heavy (non-hydrogen) atoms. The van der Waals surface area contributed by atoms with Crippen molar-refractivity contribution in [3.05, 3.63) is 24.3 Å². The predicted molar refractivity (Wildman–Crippen MR) is 98.7 cm³/mol. The van der Waals surface area contributed by atoms with Crippen molar-refractivity contribution in [2.24, 2.45) is 0 Å². The van der Waals surface area contributed by atoms with Crippen LogP contribution in [-0.4, -0.2) is 43.7 Å². The van der Waals surface area contributed by atoms with Crippen molar-refractivity contribution in [2.75, 3.05) is 13.1 Å². The Morgan fingerprint density at radius 1 is 1.17 bits per heavy atom. The molecule has 0 saturated carbocycles. The number of amides is 1. The van der Waals surface area contributed by atoms with E-state index in [9.17, 15) is 4.79 Å². The molecule has 0 aliphatic carbocycles. The Kier molecular flexibility index (Phi) is 4.45. The molecule has 1 aliphatic heterocycles. The van der Waals surface area contributed by atoms with E-state index in [1.54, 1.807) is 11.3 Å². The minimum atomic E-state index is -0.144.